The first-order valence-corrected chi connectivity index (χ1v) is 9.99. The van der Waals surface area contributed by atoms with Gasteiger partial charge in [0.05, 0.1) is 18.8 Å². The normalized spacial score (nSPS) is 14.7. The van der Waals surface area contributed by atoms with Gasteiger partial charge in [0.1, 0.15) is 18.1 Å². The number of rotatable bonds is 13. The number of carboxylic acids is 2. The van der Waals surface area contributed by atoms with Crippen molar-refractivity contribution in [2.24, 2.45) is 11.7 Å². The van der Waals surface area contributed by atoms with Crippen LogP contribution in [0.3, 0.4) is 0 Å². The molecule has 1 heterocycles. The first-order chi connectivity index (χ1) is 14.9. The highest BCUT2D eigenvalue weighted by Crippen LogP contribution is 2.07. The van der Waals surface area contributed by atoms with Crippen LogP contribution in [0.2, 0.25) is 0 Å². The van der Waals surface area contributed by atoms with E-state index in [1.54, 1.807) is 0 Å². The molecule has 1 rings (SSSR count). The van der Waals surface area contributed by atoms with E-state index in [4.69, 9.17) is 15.9 Å². The lowest BCUT2D eigenvalue weighted by Crippen LogP contribution is -2.56. The Labute approximate surface area is 184 Å². The van der Waals surface area contributed by atoms with Crippen LogP contribution in [0.15, 0.2) is 12.5 Å². The zero-order valence-corrected chi connectivity index (χ0v) is 18.1. The van der Waals surface area contributed by atoms with Crippen LogP contribution in [0, 0.1) is 5.92 Å². The molecule has 0 spiro atoms. The van der Waals surface area contributed by atoms with E-state index >= 15 is 0 Å². The predicted octanol–water partition coefficient (Wildman–Crippen LogP) is -1.64. The van der Waals surface area contributed by atoms with Crippen LogP contribution in [-0.4, -0.2) is 74.0 Å². The summed E-state index contributed by atoms with van der Waals surface area (Å²) < 4.78 is 0. The van der Waals surface area contributed by atoms with Crippen molar-refractivity contribution in [2.75, 3.05) is 0 Å². The molecule has 178 valence electrons. The molecule has 13 heteroatoms. The minimum Gasteiger partial charge on any atom is -0.481 e. The SMILES string of the molecule is CC(C)CC(NC(=O)C(N)Cc1cnc[nH]1)C(=O)NC(C)C(=O)NC(CC(=O)O)C(=O)O. The zero-order valence-electron chi connectivity index (χ0n) is 18.1. The molecule has 4 atom stereocenters. The molecule has 0 saturated carbocycles. The number of hydrogen-bond donors (Lipinski definition) is 7. The molecule has 0 saturated heterocycles. The number of nitrogens with one attached hydrogen (secondary N) is 4. The number of carbonyl (C=O) groups excluding carboxylic acids is 3. The molecule has 0 aliphatic carbocycles. The molecule has 3 amide bonds. The number of aromatic amines is 1. The highest BCUT2D eigenvalue weighted by molar-refractivity contribution is 5.94. The molecule has 0 aliphatic heterocycles. The van der Waals surface area contributed by atoms with Gasteiger partial charge in [-0.15, -0.1) is 0 Å². The van der Waals surface area contributed by atoms with E-state index in [0.717, 1.165) is 0 Å². The summed E-state index contributed by atoms with van der Waals surface area (Å²) in [7, 11) is 0. The summed E-state index contributed by atoms with van der Waals surface area (Å²) in [6.07, 6.45) is 2.61. The largest absolute Gasteiger partial charge is 0.481 e. The Morgan fingerprint density at radius 2 is 1.62 bits per heavy atom. The standard InChI is InChI=1S/C19H30N6O7/c1-9(2)4-13(24-17(29)12(20)5-11-7-21-8-22-11)18(30)23-10(3)16(28)25-14(19(31)32)6-15(26)27/h7-10,12-14H,4-6,20H2,1-3H3,(H,21,22)(H,23,30)(H,24,29)(H,25,28)(H,26,27)(H,31,32). The van der Waals surface area contributed by atoms with Gasteiger partial charge in [-0.05, 0) is 19.3 Å². The van der Waals surface area contributed by atoms with E-state index in [-0.39, 0.29) is 18.8 Å². The minimum atomic E-state index is -1.65. The number of carboxylic acid groups (broad SMARTS) is 2. The van der Waals surface area contributed by atoms with Gasteiger partial charge in [-0.25, -0.2) is 9.78 Å². The maximum Gasteiger partial charge on any atom is 0.326 e. The molecule has 13 nitrogen and oxygen atoms in total. The Morgan fingerprint density at radius 3 is 2.12 bits per heavy atom. The van der Waals surface area contributed by atoms with Crippen LogP contribution in [0.5, 0.6) is 0 Å². The molecule has 4 unspecified atom stereocenters. The Balaban J connectivity index is 2.75. The topological polar surface area (TPSA) is 217 Å². The van der Waals surface area contributed by atoms with Gasteiger partial charge >= 0.3 is 11.9 Å². The number of nitrogens with two attached hydrogens (primary N) is 1. The Bertz CT molecular complexity index is 811. The van der Waals surface area contributed by atoms with Gasteiger partial charge in [0.2, 0.25) is 17.7 Å². The smallest absolute Gasteiger partial charge is 0.326 e. The molecular weight excluding hydrogens is 424 g/mol. The molecule has 1 aromatic heterocycles. The van der Waals surface area contributed by atoms with Crippen molar-refractivity contribution in [1.82, 2.24) is 25.9 Å². The van der Waals surface area contributed by atoms with Crippen molar-refractivity contribution >= 4 is 29.7 Å². The van der Waals surface area contributed by atoms with Crippen molar-refractivity contribution in [2.45, 2.75) is 64.2 Å². The quantitative estimate of drug-likeness (QED) is 0.181. The summed E-state index contributed by atoms with van der Waals surface area (Å²) in [4.78, 5) is 65.9. The summed E-state index contributed by atoms with van der Waals surface area (Å²) >= 11 is 0. The van der Waals surface area contributed by atoms with Gasteiger partial charge in [-0.2, -0.15) is 0 Å². The number of amides is 3. The summed E-state index contributed by atoms with van der Waals surface area (Å²) in [6, 6.07) is -4.75. The summed E-state index contributed by atoms with van der Waals surface area (Å²) in [6.45, 7) is 5.00. The van der Waals surface area contributed by atoms with Crippen molar-refractivity contribution in [1.29, 1.82) is 0 Å². The van der Waals surface area contributed by atoms with Crippen LogP contribution in [0.4, 0.5) is 0 Å². The van der Waals surface area contributed by atoms with Crippen LogP contribution < -0.4 is 21.7 Å². The Kier molecular flexibility index (Phi) is 10.3. The second-order valence-corrected chi connectivity index (χ2v) is 7.81. The molecule has 8 N–H and O–H groups in total. The van der Waals surface area contributed by atoms with Gasteiger partial charge in [-0.3, -0.25) is 19.2 Å². The molecular formula is C19H30N6O7. The van der Waals surface area contributed by atoms with Crippen molar-refractivity contribution in [3.05, 3.63) is 18.2 Å². The molecule has 0 radical (unpaired) electrons. The highest BCUT2D eigenvalue weighted by atomic mass is 16.4. The van der Waals surface area contributed by atoms with Gasteiger partial charge in [0, 0.05) is 18.3 Å². The molecule has 0 aromatic carbocycles. The summed E-state index contributed by atoms with van der Waals surface area (Å²) in [5, 5.41) is 24.8. The Hall–Kier alpha value is -3.48. The molecule has 0 fully saturated rings. The number of H-pyrrole nitrogens is 1. The monoisotopic (exact) mass is 454 g/mol. The highest BCUT2D eigenvalue weighted by Gasteiger charge is 2.29. The third-order valence-electron chi connectivity index (χ3n) is 4.42. The van der Waals surface area contributed by atoms with Crippen LogP contribution in [0.1, 0.15) is 39.3 Å². The third-order valence-corrected chi connectivity index (χ3v) is 4.42. The average molecular weight is 454 g/mol. The molecule has 32 heavy (non-hydrogen) atoms. The van der Waals surface area contributed by atoms with E-state index in [0.29, 0.717) is 5.69 Å². The van der Waals surface area contributed by atoms with Crippen molar-refractivity contribution in [3.63, 3.8) is 0 Å². The van der Waals surface area contributed by atoms with Gasteiger partial charge in [0.15, 0.2) is 0 Å². The van der Waals surface area contributed by atoms with Crippen LogP contribution in [0.25, 0.3) is 0 Å². The van der Waals surface area contributed by atoms with Crippen LogP contribution >= 0.6 is 0 Å². The second kappa shape index (κ2) is 12.4. The third kappa shape index (κ3) is 9.12. The van der Waals surface area contributed by atoms with E-state index < -0.39 is 60.2 Å². The van der Waals surface area contributed by atoms with Crippen molar-refractivity contribution in [3.8, 4) is 0 Å². The number of aliphatic carboxylic acids is 2. The number of hydrogen-bond acceptors (Lipinski definition) is 7. The zero-order chi connectivity index (χ0) is 24.4. The number of aromatic nitrogens is 2. The molecule has 0 bridgehead atoms. The fourth-order valence-corrected chi connectivity index (χ4v) is 2.76. The van der Waals surface area contributed by atoms with E-state index in [2.05, 4.69) is 25.9 Å². The summed E-state index contributed by atoms with van der Waals surface area (Å²) in [5.74, 6) is -5.00. The fourth-order valence-electron chi connectivity index (χ4n) is 2.76. The second-order valence-electron chi connectivity index (χ2n) is 7.81. The number of imidazole rings is 1. The van der Waals surface area contributed by atoms with E-state index in [9.17, 15) is 24.0 Å². The lowest BCUT2D eigenvalue weighted by molar-refractivity contribution is -0.147. The minimum absolute atomic E-state index is 0.0194. The van der Waals surface area contributed by atoms with Gasteiger partial charge in [0.25, 0.3) is 0 Å². The van der Waals surface area contributed by atoms with Gasteiger partial charge in [-0.1, -0.05) is 13.8 Å². The number of carbonyl (C=O) groups is 5. The van der Waals surface area contributed by atoms with Crippen LogP contribution in [-0.2, 0) is 30.4 Å². The van der Waals surface area contributed by atoms with E-state index in [1.807, 2.05) is 13.8 Å². The first-order valence-electron chi connectivity index (χ1n) is 9.99. The Morgan fingerprint density at radius 1 is 1.00 bits per heavy atom. The average Bonchev–Trinajstić information content (AvgIpc) is 3.18. The first kappa shape index (κ1) is 26.6. The van der Waals surface area contributed by atoms with E-state index in [1.165, 1.54) is 19.4 Å². The maximum absolute atomic E-state index is 12.7. The molecule has 1 aromatic rings. The van der Waals surface area contributed by atoms with Crippen molar-refractivity contribution < 1.29 is 34.2 Å². The summed E-state index contributed by atoms with van der Waals surface area (Å²) in [5.41, 5.74) is 6.55. The predicted molar refractivity (Wildman–Crippen MR) is 111 cm³/mol. The lowest BCUT2D eigenvalue weighted by atomic mass is 10.0. The number of nitrogens with zero attached hydrogens (tertiary/aromatic N) is 1. The molecule has 0 aliphatic rings. The lowest BCUT2D eigenvalue weighted by Gasteiger charge is -2.24. The maximum atomic E-state index is 12.7. The van der Waals surface area contributed by atoms with Gasteiger partial charge < -0.3 is 36.9 Å². The fraction of sp³-hybridized carbons (Fsp3) is 0.579.